The zero-order chi connectivity index (χ0) is 74.2. The van der Waals surface area contributed by atoms with Gasteiger partial charge in [0.15, 0.2) is 12.2 Å². The molecular weight excluding hydrogens is 1320 g/mol. The van der Waals surface area contributed by atoms with E-state index < -0.39 is 97.5 Å². The summed E-state index contributed by atoms with van der Waals surface area (Å²) in [5.74, 6) is -0.628. The summed E-state index contributed by atoms with van der Waals surface area (Å²) in [6, 6.07) is 0. The minimum Gasteiger partial charge on any atom is -0.462 e. The number of ether oxygens (including phenoxy) is 4. The molecular formula is C82H160O17P2. The number of esters is 4. The van der Waals surface area contributed by atoms with Gasteiger partial charge in [-0.3, -0.25) is 37.3 Å². The van der Waals surface area contributed by atoms with Crippen molar-refractivity contribution in [2.24, 2.45) is 11.8 Å². The van der Waals surface area contributed by atoms with E-state index in [-0.39, 0.29) is 25.7 Å². The fourth-order valence-corrected chi connectivity index (χ4v) is 14.3. The van der Waals surface area contributed by atoms with E-state index in [0.717, 1.165) is 102 Å². The maximum Gasteiger partial charge on any atom is 0.472 e. The van der Waals surface area contributed by atoms with Crippen molar-refractivity contribution in [3.05, 3.63) is 0 Å². The number of hydrogen-bond donors (Lipinski definition) is 3. The normalized spacial score (nSPS) is 14.2. The number of carbonyl (C=O) groups excluding carboxylic acids is 4. The summed E-state index contributed by atoms with van der Waals surface area (Å²) in [6.45, 7) is 9.58. The van der Waals surface area contributed by atoms with E-state index in [1.54, 1.807) is 0 Å². The average molecular weight is 1480 g/mol. The van der Waals surface area contributed by atoms with Crippen LogP contribution in [0.1, 0.15) is 433 Å². The molecule has 0 saturated heterocycles. The van der Waals surface area contributed by atoms with Crippen molar-refractivity contribution in [2.45, 2.75) is 452 Å². The average Bonchev–Trinajstić information content (AvgIpc) is 1.47. The van der Waals surface area contributed by atoms with Gasteiger partial charge < -0.3 is 33.8 Å². The highest BCUT2D eigenvalue weighted by atomic mass is 31.2. The Labute approximate surface area is 619 Å². The summed E-state index contributed by atoms with van der Waals surface area (Å²) in [5, 5.41) is 10.6. The van der Waals surface area contributed by atoms with Crippen LogP contribution < -0.4 is 0 Å². The van der Waals surface area contributed by atoms with Crippen LogP contribution in [0.25, 0.3) is 0 Å². The summed E-state index contributed by atoms with van der Waals surface area (Å²) >= 11 is 0. The number of carbonyl (C=O) groups is 4. The first kappa shape index (κ1) is 99.1. The van der Waals surface area contributed by atoms with Crippen molar-refractivity contribution in [3.8, 4) is 0 Å². The van der Waals surface area contributed by atoms with Crippen LogP contribution in [0.4, 0.5) is 0 Å². The van der Waals surface area contributed by atoms with Gasteiger partial charge >= 0.3 is 39.5 Å². The fourth-order valence-electron chi connectivity index (χ4n) is 12.7. The van der Waals surface area contributed by atoms with Gasteiger partial charge in [0.2, 0.25) is 0 Å². The number of aliphatic hydroxyl groups excluding tert-OH is 1. The van der Waals surface area contributed by atoms with Crippen LogP contribution in [-0.2, 0) is 65.4 Å². The molecule has 0 aromatic rings. The molecule has 0 aliphatic carbocycles. The number of unbranched alkanes of at least 4 members (excludes halogenated alkanes) is 50. The van der Waals surface area contributed by atoms with Crippen LogP contribution >= 0.6 is 15.6 Å². The number of phosphoric acid groups is 2. The molecule has 3 unspecified atom stereocenters. The van der Waals surface area contributed by atoms with E-state index >= 15 is 0 Å². The van der Waals surface area contributed by atoms with Crippen LogP contribution in [-0.4, -0.2) is 96.7 Å². The predicted molar refractivity (Wildman–Crippen MR) is 414 cm³/mol. The van der Waals surface area contributed by atoms with Gasteiger partial charge in [0.05, 0.1) is 26.4 Å². The van der Waals surface area contributed by atoms with Gasteiger partial charge in [-0.25, -0.2) is 9.13 Å². The maximum absolute atomic E-state index is 13.1. The monoisotopic (exact) mass is 1480 g/mol. The van der Waals surface area contributed by atoms with Crippen molar-refractivity contribution >= 4 is 39.5 Å². The van der Waals surface area contributed by atoms with E-state index in [4.69, 9.17) is 37.0 Å². The minimum absolute atomic E-state index is 0.105. The quantitative estimate of drug-likeness (QED) is 0.0222. The molecule has 0 rings (SSSR count). The van der Waals surface area contributed by atoms with Crippen molar-refractivity contribution in [3.63, 3.8) is 0 Å². The molecule has 0 aromatic heterocycles. The van der Waals surface area contributed by atoms with Gasteiger partial charge in [-0.2, -0.15) is 0 Å². The molecule has 0 radical (unpaired) electrons. The van der Waals surface area contributed by atoms with Gasteiger partial charge in [0.25, 0.3) is 0 Å². The van der Waals surface area contributed by atoms with Gasteiger partial charge in [-0.1, -0.05) is 382 Å². The van der Waals surface area contributed by atoms with Crippen LogP contribution in [0, 0.1) is 11.8 Å². The first-order chi connectivity index (χ1) is 48.9. The second kappa shape index (κ2) is 73.6. The number of aliphatic hydroxyl groups is 1. The molecule has 17 nitrogen and oxygen atoms in total. The van der Waals surface area contributed by atoms with Crippen LogP contribution in [0.5, 0.6) is 0 Å². The van der Waals surface area contributed by atoms with Crippen molar-refractivity contribution in [1.29, 1.82) is 0 Å². The van der Waals surface area contributed by atoms with Crippen LogP contribution in [0.15, 0.2) is 0 Å². The van der Waals surface area contributed by atoms with Crippen LogP contribution in [0.3, 0.4) is 0 Å². The molecule has 101 heavy (non-hydrogen) atoms. The third-order valence-corrected chi connectivity index (χ3v) is 21.5. The van der Waals surface area contributed by atoms with Crippen molar-refractivity contribution < 1.29 is 80.2 Å². The van der Waals surface area contributed by atoms with Crippen LogP contribution in [0.2, 0.25) is 0 Å². The molecule has 600 valence electrons. The highest BCUT2D eigenvalue weighted by Crippen LogP contribution is 2.45. The molecule has 0 amide bonds. The Kier molecular flexibility index (Phi) is 72.2. The zero-order valence-corrected chi connectivity index (χ0v) is 68.0. The first-order valence-electron chi connectivity index (χ1n) is 42.5. The number of hydrogen-bond acceptors (Lipinski definition) is 15. The molecule has 0 aliphatic rings. The lowest BCUT2D eigenvalue weighted by molar-refractivity contribution is -0.161. The highest BCUT2D eigenvalue weighted by molar-refractivity contribution is 7.47. The van der Waals surface area contributed by atoms with E-state index in [2.05, 4.69) is 41.5 Å². The standard InChI is InChI=1S/C82H160O17P2/c1-7-10-12-14-16-18-20-22-24-26-28-30-32-34-36-41-45-52-58-64-79(84)92-70-77(98-81(86)66-60-54-46-42-37-35-33-31-29-27-25-23-21-19-17-15-13-11-8-2)72-96-100(88,89)94-68-76(83)69-95-101(90,91)97-73-78(71-93-80(85)65-59-53-49-48-50-56-62-74(4)5)99-82(87)67-61-55-47-43-39-38-40-44-51-57-63-75(6)9-3/h74-78,83H,7-73H2,1-6H3,(H,88,89)(H,90,91)/t75?,76-,77-,78-/m1/s1. The van der Waals surface area contributed by atoms with Gasteiger partial charge in [-0.15, -0.1) is 0 Å². The molecule has 19 heteroatoms. The van der Waals surface area contributed by atoms with Gasteiger partial charge in [0, 0.05) is 25.7 Å². The fraction of sp³-hybridized carbons (Fsp3) is 0.951. The summed E-state index contributed by atoms with van der Waals surface area (Å²) in [7, 11) is -9.92. The smallest absolute Gasteiger partial charge is 0.462 e. The third-order valence-electron chi connectivity index (χ3n) is 19.6. The second-order valence-electron chi connectivity index (χ2n) is 30.2. The molecule has 0 aliphatic heterocycles. The van der Waals surface area contributed by atoms with Gasteiger partial charge in [-0.05, 0) is 37.5 Å². The van der Waals surface area contributed by atoms with Gasteiger partial charge in [0.1, 0.15) is 19.3 Å². The largest absolute Gasteiger partial charge is 0.472 e. The second-order valence-corrected chi connectivity index (χ2v) is 33.1. The minimum atomic E-state index is -4.96. The van der Waals surface area contributed by atoms with E-state index in [1.807, 2.05) is 0 Å². The SMILES string of the molecule is CCCCCCCCCCCCCCCCCCCCCC(=O)OC[C@H](COP(=O)(O)OC[C@@H](O)COP(=O)(O)OC[C@@H](COC(=O)CCCCCCCCC(C)C)OC(=O)CCCCCCCCCCCCC(C)CC)OC(=O)CCCCCCCCCCCCCCCCCCCCC. The Hall–Kier alpha value is -1.94. The van der Waals surface area contributed by atoms with E-state index in [9.17, 15) is 43.2 Å². The molecule has 0 aromatic carbocycles. The zero-order valence-electron chi connectivity index (χ0n) is 66.2. The summed E-state index contributed by atoms with van der Waals surface area (Å²) in [5.41, 5.74) is 0. The lowest BCUT2D eigenvalue weighted by Crippen LogP contribution is -2.30. The lowest BCUT2D eigenvalue weighted by Gasteiger charge is -2.21. The highest BCUT2D eigenvalue weighted by Gasteiger charge is 2.30. The molecule has 0 saturated carbocycles. The summed E-state index contributed by atoms with van der Waals surface area (Å²) in [6.07, 6.45) is 64.0. The summed E-state index contributed by atoms with van der Waals surface area (Å²) in [4.78, 5) is 73.0. The summed E-state index contributed by atoms with van der Waals surface area (Å²) < 4.78 is 68.7. The third kappa shape index (κ3) is 74.7. The first-order valence-corrected chi connectivity index (χ1v) is 45.5. The maximum atomic E-state index is 13.1. The Morgan fingerprint density at radius 3 is 0.752 bits per heavy atom. The lowest BCUT2D eigenvalue weighted by atomic mass is 9.99. The predicted octanol–water partition coefficient (Wildman–Crippen LogP) is 24.7. The molecule has 6 atom stereocenters. The molecule has 3 N–H and O–H groups in total. The topological polar surface area (TPSA) is 237 Å². The Bertz CT molecular complexity index is 1940. The Morgan fingerprint density at radius 2 is 0.505 bits per heavy atom. The molecule has 0 fully saturated rings. The Morgan fingerprint density at radius 1 is 0.287 bits per heavy atom. The van der Waals surface area contributed by atoms with Crippen molar-refractivity contribution in [2.75, 3.05) is 39.6 Å². The Balaban J connectivity index is 5.22. The molecule has 0 spiro atoms. The molecule has 0 heterocycles. The molecule has 0 bridgehead atoms. The number of phosphoric ester groups is 2. The number of rotatable bonds is 81. The van der Waals surface area contributed by atoms with Crippen molar-refractivity contribution in [1.82, 2.24) is 0 Å². The van der Waals surface area contributed by atoms with E-state index in [0.29, 0.717) is 31.6 Å². The van der Waals surface area contributed by atoms with E-state index in [1.165, 1.54) is 244 Å².